The number of rotatable bonds is 7. The summed E-state index contributed by atoms with van der Waals surface area (Å²) in [6.45, 7) is 13.9. The van der Waals surface area contributed by atoms with Crippen LogP contribution in [0.15, 0.2) is 35.7 Å². The molecule has 0 N–H and O–H groups in total. The van der Waals surface area contributed by atoms with Crippen LogP contribution in [0.1, 0.15) is 48.1 Å². The van der Waals surface area contributed by atoms with Crippen LogP contribution in [0.5, 0.6) is 0 Å². The number of benzene rings is 1. The van der Waals surface area contributed by atoms with E-state index in [2.05, 4.69) is 88.7 Å². The first-order valence-corrected chi connectivity index (χ1v) is 11.7. The number of nitrogens with zero attached hydrogens (tertiary/aromatic N) is 6. The molecule has 30 heavy (non-hydrogen) atoms. The summed E-state index contributed by atoms with van der Waals surface area (Å²) in [6.07, 6.45) is 1.06. The summed E-state index contributed by atoms with van der Waals surface area (Å²) in [4.78, 5) is 6.39. The average molecular weight is 425 g/mol. The zero-order chi connectivity index (χ0) is 21.1. The van der Waals surface area contributed by atoms with Gasteiger partial charge in [0.2, 0.25) is 0 Å². The van der Waals surface area contributed by atoms with Crippen LogP contribution in [0.3, 0.4) is 0 Å². The van der Waals surface area contributed by atoms with Crippen LogP contribution in [0.25, 0.3) is 0 Å². The highest BCUT2D eigenvalue weighted by molar-refractivity contribution is 7.09. The molecule has 0 aliphatic carbocycles. The molecule has 4 rings (SSSR count). The third-order valence-electron chi connectivity index (χ3n) is 6.11. The minimum atomic E-state index is 0.251. The number of aryl methyl sites for hydroxylation is 1. The van der Waals surface area contributed by atoms with Crippen molar-refractivity contribution in [2.75, 3.05) is 31.1 Å². The molecular weight excluding hydrogens is 392 g/mol. The molecule has 0 radical (unpaired) electrons. The van der Waals surface area contributed by atoms with E-state index in [1.165, 1.54) is 21.7 Å². The molecule has 1 saturated heterocycles. The van der Waals surface area contributed by atoms with Gasteiger partial charge in [-0.2, -0.15) is 0 Å². The Morgan fingerprint density at radius 2 is 1.83 bits per heavy atom. The molecule has 160 valence electrons. The lowest BCUT2D eigenvalue weighted by molar-refractivity contribution is 0.153. The molecule has 0 saturated carbocycles. The second-order valence-corrected chi connectivity index (χ2v) is 9.69. The van der Waals surface area contributed by atoms with Crippen molar-refractivity contribution in [3.05, 3.63) is 57.5 Å². The molecule has 6 nitrogen and oxygen atoms in total. The molecule has 0 unspecified atom stereocenters. The Hall–Kier alpha value is -2.25. The van der Waals surface area contributed by atoms with E-state index in [0.29, 0.717) is 5.92 Å². The molecule has 7 heteroatoms. The minimum Gasteiger partial charge on any atom is -0.369 e. The van der Waals surface area contributed by atoms with E-state index in [-0.39, 0.29) is 6.04 Å². The fourth-order valence-corrected chi connectivity index (χ4v) is 5.02. The predicted octanol–water partition coefficient (Wildman–Crippen LogP) is 4.31. The van der Waals surface area contributed by atoms with Gasteiger partial charge < -0.3 is 4.90 Å². The first kappa shape index (κ1) is 21.0. The van der Waals surface area contributed by atoms with Gasteiger partial charge in [0, 0.05) is 36.7 Å². The molecular formula is C23H32N6S. The summed E-state index contributed by atoms with van der Waals surface area (Å²) >= 11 is 1.75. The Bertz CT molecular complexity index is 941. The Kier molecular flexibility index (Phi) is 6.49. The van der Waals surface area contributed by atoms with Gasteiger partial charge in [0.05, 0.1) is 12.6 Å². The normalized spacial score (nSPS) is 16.4. The molecule has 1 fully saturated rings. The van der Waals surface area contributed by atoms with Crippen molar-refractivity contribution in [3.8, 4) is 0 Å². The van der Waals surface area contributed by atoms with Crippen molar-refractivity contribution in [1.29, 1.82) is 0 Å². The maximum atomic E-state index is 4.48. The van der Waals surface area contributed by atoms with Crippen molar-refractivity contribution >= 4 is 17.0 Å². The van der Waals surface area contributed by atoms with Crippen LogP contribution in [0.2, 0.25) is 0 Å². The number of hydrogen-bond acceptors (Lipinski definition) is 6. The van der Waals surface area contributed by atoms with Crippen LogP contribution in [0, 0.1) is 19.8 Å². The number of aromatic nitrogens is 4. The lowest BCUT2D eigenvalue weighted by Crippen LogP contribution is -2.48. The molecule has 1 atom stereocenters. The van der Waals surface area contributed by atoms with Gasteiger partial charge in [0.25, 0.3) is 0 Å². The molecule has 1 aliphatic heterocycles. The van der Waals surface area contributed by atoms with Gasteiger partial charge >= 0.3 is 0 Å². The topological polar surface area (TPSA) is 50.1 Å². The van der Waals surface area contributed by atoms with E-state index in [9.17, 15) is 0 Å². The van der Waals surface area contributed by atoms with Gasteiger partial charge in [-0.1, -0.05) is 32.0 Å². The van der Waals surface area contributed by atoms with E-state index in [0.717, 1.165) is 45.0 Å². The summed E-state index contributed by atoms with van der Waals surface area (Å²) in [5, 5.41) is 15.0. The van der Waals surface area contributed by atoms with Gasteiger partial charge in [-0.25, -0.2) is 4.68 Å². The predicted molar refractivity (Wildman–Crippen MR) is 123 cm³/mol. The zero-order valence-electron chi connectivity index (χ0n) is 18.5. The fraction of sp³-hybridized carbons (Fsp3) is 0.522. The standard InChI is InChI=1S/C23H32N6S/c1-17(2)15-22(23-24-25-26-29(23)16-20-8-6-14-30-20)28-12-10-27(11-13-28)21-9-5-7-18(3)19(21)4/h5-9,14,17,22H,10-13,15-16H2,1-4H3/t22-/m1/s1. The van der Waals surface area contributed by atoms with Crippen LogP contribution in [-0.4, -0.2) is 51.3 Å². The zero-order valence-corrected chi connectivity index (χ0v) is 19.3. The van der Waals surface area contributed by atoms with Crippen molar-refractivity contribution in [3.63, 3.8) is 0 Å². The largest absolute Gasteiger partial charge is 0.369 e. The van der Waals surface area contributed by atoms with Gasteiger partial charge in [-0.15, -0.1) is 16.4 Å². The lowest BCUT2D eigenvalue weighted by Gasteiger charge is -2.40. The number of hydrogen-bond donors (Lipinski definition) is 0. The summed E-state index contributed by atoms with van der Waals surface area (Å²) < 4.78 is 2.00. The fourth-order valence-electron chi connectivity index (χ4n) is 4.33. The first-order chi connectivity index (χ1) is 14.5. The summed E-state index contributed by atoms with van der Waals surface area (Å²) in [5.41, 5.74) is 4.13. The van der Waals surface area contributed by atoms with Gasteiger partial charge in [0.1, 0.15) is 0 Å². The smallest absolute Gasteiger partial charge is 0.168 e. The number of tetrazole rings is 1. The van der Waals surface area contributed by atoms with Gasteiger partial charge in [-0.3, -0.25) is 4.90 Å². The van der Waals surface area contributed by atoms with Crippen LogP contribution in [0.4, 0.5) is 5.69 Å². The highest BCUT2D eigenvalue weighted by Gasteiger charge is 2.30. The Morgan fingerprint density at radius 1 is 1.03 bits per heavy atom. The third kappa shape index (κ3) is 4.57. The molecule has 0 spiro atoms. The first-order valence-electron chi connectivity index (χ1n) is 10.9. The monoisotopic (exact) mass is 424 g/mol. The van der Waals surface area contributed by atoms with Crippen molar-refractivity contribution in [1.82, 2.24) is 25.1 Å². The number of anilines is 1. The molecule has 1 aliphatic rings. The molecule has 3 heterocycles. The highest BCUT2D eigenvalue weighted by atomic mass is 32.1. The molecule has 1 aromatic carbocycles. The summed E-state index contributed by atoms with van der Waals surface area (Å²) in [6, 6.07) is 11.1. The van der Waals surface area contributed by atoms with E-state index in [1.54, 1.807) is 11.3 Å². The maximum absolute atomic E-state index is 4.48. The van der Waals surface area contributed by atoms with Crippen molar-refractivity contribution in [2.45, 2.75) is 46.7 Å². The molecule has 0 bridgehead atoms. The summed E-state index contributed by atoms with van der Waals surface area (Å²) in [5.74, 6) is 1.58. The van der Waals surface area contributed by atoms with E-state index >= 15 is 0 Å². The van der Waals surface area contributed by atoms with E-state index < -0.39 is 0 Å². The van der Waals surface area contributed by atoms with Gasteiger partial charge in [0.15, 0.2) is 5.82 Å². The minimum absolute atomic E-state index is 0.251. The van der Waals surface area contributed by atoms with E-state index in [4.69, 9.17) is 0 Å². The van der Waals surface area contributed by atoms with Crippen LogP contribution in [-0.2, 0) is 6.54 Å². The quantitative estimate of drug-likeness (QED) is 0.566. The third-order valence-corrected chi connectivity index (χ3v) is 6.97. The average Bonchev–Trinajstić information content (AvgIpc) is 3.41. The molecule has 3 aromatic rings. The van der Waals surface area contributed by atoms with Crippen molar-refractivity contribution < 1.29 is 0 Å². The molecule has 0 amide bonds. The maximum Gasteiger partial charge on any atom is 0.168 e. The van der Waals surface area contributed by atoms with Crippen molar-refractivity contribution in [2.24, 2.45) is 5.92 Å². The van der Waals surface area contributed by atoms with Gasteiger partial charge in [-0.05, 0) is 65.3 Å². The Balaban J connectivity index is 1.51. The Morgan fingerprint density at radius 3 is 2.53 bits per heavy atom. The Labute approximate surface area is 183 Å². The molecule has 2 aromatic heterocycles. The SMILES string of the molecule is Cc1cccc(N2CCN([C@H](CC(C)C)c3nnnn3Cc3cccs3)CC2)c1C. The lowest BCUT2D eigenvalue weighted by atomic mass is 10.0. The number of thiophene rings is 1. The van der Waals surface area contributed by atoms with Crippen LogP contribution >= 0.6 is 11.3 Å². The second kappa shape index (κ2) is 9.27. The highest BCUT2D eigenvalue weighted by Crippen LogP contribution is 2.30. The van der Waals surface area contributed by atoms with E-state index in [1.807, 2.05) is 4.68 Å². The van der Waals surface area contributed by atoms with Crippen LogP contribution < -0.4 is 4.90 Å². The number of piperazine rings is 1. The second-order valence-electron chi connectivity index (χ2n) is 8.66. The summed E-state index contributed by atoms with van der Waals surface area (Å²) in [7, 11) is 0.